The van der Waals surface area contributed by atoms with Gasteiger partial charge in [-0.3, -0.25) is 0 Å². The molecule has 0 unspecified atom stereocenters. The number of thioether (sulfide) groups is 2. The lowest BCUT2D eigenvalue weighted by molar-refractivity contribution is 0.728. The third-order valence-corrected chi connectivity index (χ3v) is 6.67. The van der Waals surface area contributed by atoms with Crippen molar-refractivity contribution in [1.29, 1.82) is 0 Å². The first-order chi connectivity index (χ1) is 6.22. The van der Waals surface area contributed by atoms with E-state index in [1.807, 2.05) is 0 Å². The fraction of sp³-hybridized carbons (Fsp3) is 0.889. The zero-order valence-electron chi connectivity index (χ0n) is 7.62. The average Bonchev–Trinajstić information content (AvgIpc) is 2.51. The van der Waals surface area contributed by atoms with Crippen LogP contribution in [0, 0.1) is 5.92 Å². The number of rotatable bonds is 1. The molecule has 13 heavy (non-hydrogen) atoms. The van der Waals surface area contributed by atoms with Crippen LogP contribution in [0.25, 0.3) is 0 Å². The molecule has 0 aromatic carbocycles. The molecule has 0 aromatic rings. The van der Waals surface area contributed by atoms with Crippen LogP contribution in [0.15, 0.2) is 0 Å². The number of thiocarbonyl (C=S) groups is 1. The van der Waals surface area contributed by atoms with Crippen molar-refractivity contribution >= 4 is 40.7 Å². The molecule has 74 valence electrons. The first-order valence-corrected chi connectivity index (χ1v) is 7.17. The van der Waals surface area contributed by atoms with E-state index in [0.717, 1.165) is 4.99 Å². The molecule has 1 saturated heterocycles. The van der Waals surface area contributed by atoms with E-state index in [9.17, 15) is 0 Å². The van der Waals surface area contributed by atoms with Crippen molar-refractivity contribution in [2.24, 2.45) is 11.7 Å². The van der Waals surface area contributed by atoms with Gasteiger partial charge >= 0.3 is 0 Å². The smallest absolute Gasteiger partial charge is 0.0759 e. The number of hydrogen-bond donors (Lipinski definition) is 1. The monoisotopic (exact) mass is 233 g/mol. The van der Waals surface area contributed by atoms with E-state index in [1.54, 1.807) is 0 Å². The largest absolute Gasteiger partial charge is 0.393 e. The van der Waals surface area contributed by atoms with E-state index in [4.69, 9.17) is 18.0 Å². The van der Waals surface area contributed by atoms with Crippen LogP contribution in [0.5, 0.6) is 0 Å². The molecule has 0 amide bonds. The SMILES string of the molecule is NC(=S)[C@H]1CCC2(C1)SCCCS2. The van der Waals surface area contributed by atoms with E-state index < -0.39 is 0 Å². The fourth-order valence-electron chi connectivity index (χ4n) is 2.10. The molecule has 2 fully saturated rings. The van der Waals surface area contributed by atoms with Crippen LogP contribution in [-0.2, 0) is 0 Å². The van der Waals surface area contributed by atoms with E-state index in [1.165, 1.54) is 37.2 Å². The summed E-state index contributed by atoms with van der Waals surface area (Å²) >= 11 is 9.35. The third-order valence-electron chi connectivity index (χ3n) is 2.85. The van der Waals surface area contributed by atoms with Gasteiger partial charge < -0.3 is 5.73 Å². The van der Waals surface area contributed by atoms with Crippen LogP contribution in [-0.4, -0.2) is 20.6 Å². The second-order valence-corrected chi connectivity index (χ2v) is 7.49. The van der Waals surface area contributed by atoms with Crippen LogP contribution < -0.4 is 5.73 Å². The zero-order chi connectivity index (χ0) is 9.31. The Morgan fingerprint density at radius 2 is 2.08 bits per heavy atom. The summed E-state index contributed by atoms with van der Waals surface area (Å²) in [5.41, 5.74) is 5.70. The maximum atomic E-state index is 5.70. The Hall–Kier alpha value is 0.590. The minimum Gasteiger partial charge on any atom is -0.393 e. The van der Waals surface area contributed by atoms with Crippen LogP contribution in [0.1, 0.15) is 25.7 Å². The molecule has 1 aliphatic carbocycles. The van der Waals surface area contributed by atoms with Gasteiger partial charge in [-0.25, -0.2) is 0 Å². The minimum absolute atomic E-state index is 0.492. The van der Waals surface area contributed by atoms with E-state index >= 15 is 0 Å². The molecule has 1 aliphatic heterocycles. The summed E-state index contributed by atoms with van der Waals surface area (Å²) in [7, 11) is 0. The normalized spacial score (nSPS) is 32.2. The second kappa shape index (κ2) is 3.99. The summed E-state index contributed by atoms with van der Waals surface area (Å²) in [5, 5.41) is 0. The Kier molecular flexibility index (Phi) is 3.11. The molecular formula is C9H15NS3. The average molecular weight is 233 g/mol. The highest BCUT2D eigenvalue weighted by Gasteiger charge is 2.42. The standard InChI is InChI=1S/C9H15NS3/c10-8(11)7-2-3-9(6-7)12-4-1-5-13-9/h7H,1-6H2,(H2,10,11)/t7-/m0/s1. The highest BCUT2D eigenvalue weighted by Crippen LogP contribution is 2.54. The lowest BCUT2D eigenvalue weighted by atomic mass is 10.1. The van der Waals surface area contributed by atoms with Crippen molar-refractivity contribution in [2.75, 3.05) is 11.5 Å². The molecule has 2 N–H and O–H groups in total. The first-order valence-electron chi connectivity index (χ1n) is 4.79. The quantitative estimate of drug-likeness (QED) is 0.704. The van der Waals surface area contributed by atoms with Crippen molar-refractivity contribution in [1.82, 2.24) is 0 Å². The molecule has 0 bridgehead atoms. The minimum atomic E-state index is 0.492. The molecule has 2 aliphatic rings. The molecule has 0 radical (unpaired) electrons. The van der Waals surface area contributed by atoms with Crippen LogP contribution >= 0.6 is 35.7 Å². The predicted octanol–water partition coefficient (Wildman–Crippen LogP) is 2.64. The van der Waals surface area contributed by atoms with Gasteiger partial charge in [0.15, 0.2) is 0 Å². The maximum absolute atomic E-state index is 5.70. The van der Waals surface area contributed by atoms with Gasteiger partial charge in [0.1, 0.15) is 0 Å². The van der Waals surface area contributed by atoms with E-state index in [-0.39, 0.29) is 0 Å². The molecule has 1 spiro atoms. The lowest BCUT2D eigenvalue weighted by Crippen LogP contribution is -2.24. The highest BCUT2D eigenvalue weighted by molar-refractivity contribution is 8.18. The van der Waals surface area contributed by atoms with Gasteiger partial charge in [0.2, 0.25) is 0 Å². The van der Waals surface area contributed by atoms with Gasteiger partial charge in [0.05, 0.1) is 9.07 Å². The maximum Gasteiger partial charge on any atom is 0.0759 e. The molecule has 2 rings (SSSR count). The molecule has 0 aromatic heterocycles. The summed E-state index contributed by atoms with van der Waals surface area (Å²) in [6.45, 7) is 0. The van der Waals surface area contributed by atoms with E-state index in [2.05, 4.69) is 23.5 Å². The Morgan fingerprint density at radius 1 is 1.38 bits per heavy atom. The summed E-state index contributed by atoms with van der Waals surface area (Å²) in [6, 6.07) is 0. The molecule has 1 saturated carbocycles. The molecule has 1 heterocycles. The topological polar surface area (TPSA) is 26.0 Å². The molecule has 1 nitrogen and oxygen atoms in total. The Labute approximate surface area is 93.6 Å². The van der Waals surface area contributed by atoms with Gasteiger partial charge in [0, 0.05) is 5.92 Å². The summed E-state index contributed by atoms with van der Waals surface area (Å²) < 4.78 is 0.492. The Balaban J connectivity index is 1.98. The highest BCUT2D eigenvalue weighted by atomic mass is 32.2. The third kappa shape index (κ3) is 2.16. The van der Waals surface area contributed by atoms with Gasteiger partial charge in [-0.15, -0.1) is 23.5 Å². The van der Waals surface area contributed by atoms with Crippen LogP contribution in [0.4, 0.5) is 0 Å². The predicted molar refractivity (Wildman–Crippen MR) is 66.4 cm³/mol. The van der Waals surface area contributed by atoms with Gasteiger partial charge in [0.25, 0.3) is 0 Å². The van der Waals surface area contributed by atoms with E-state index in [0.29, 0.717) is 10.00 Å². The van der Waals surface area contributed by atoms with Crippen molar-refractivity contribution in [3.63, 3.8) is 0 Å². The van der Waals surface area contributed by atoms with Crippen molar-refractivity contribution in [2.45, 2.75) is 29.8 Å². The molecule has 4 heteroatoms. The lowest BCUT2D eigenvalue weighted by Gasteiger charge is -2.32. The number of nitrogens with two attached hydrogens (primary N) is 1. The second-order valence-electron chi connectivity index (χ2n) is 3.80. The summed E-state index contributed by atoms with van der Waals surface area (Å²) in [5.74, 6) is 3.18. The van der Waals surface area contributed by atoms with Crippen LogP contribution in [0.2, 0.25) is 0 Å². The Morgan fingerprint density at radius 3 is 2.62 bits per heavy atom. The molecule has 1 atom stereocenters. The summed E-state index contributed by atoms with van der Waals surface area (Å²) in [4.78, 5) is 0.739. The van der Waals surface area contributed by atoms with Crippen molar-refractivity contribution in [3.05, 3.63) is 0 Å². The first kappa shape index (κ1) is 10.1. The van der Waals surface area contributed by atoms with Gasteiger partial charge in [-0.1, -0.05) is 12.2 Å². The van der Waals surface area contributed by atoms with Crippen molar-refractivity contribution in [3.8, 4) is 0 Å². The van der Waals surface area contributed by atoms with Gasteiger partial charge in [-0.2, -0.15) is 0 Å². The fourth-order valence-corrected chi connectivity index (χ4v) is 5.80. The zero-order valence-corrected chi connectivity index (χ0v) is 10.1. The summed E-state index contributed by atoms with van der Waals surface area (Å²) in [6.07, 6.45) is 5.12. The number of hydrogen-bond acceptors (Lipinski definition) is 3. The van der Waals surface area contributed by atoms with Crippen molar-refractivity contribution < 1.29 is 0 Å². The Bertz CT molecular complexity index is 211. The molecular weight excluding hydrogens is 218 g/mol. The van der Waals surface area contributed by atoms with Crippen LogP contribution in [0.3, 0.4) is 0 Å². The van der Waals surface area contributed by atoms with Gasteiger partial charge in [-0.05, 0) is 37.2 Å².